The van der Waals surface area contributed by atoms with Crippen molar-refractivity contribution >= 4 is 11.6 Å². The molecule has 2 N–H and O–H groups in total. The summed E-state index contributed by atoms with van der Waals surface area (Å²) in [5, 5.41) is 0. The fraction of sp³-hybridized carbons (Fsp3) is 0.714. The molecule has 1 aliphatic rings. The lowest BCUT2D eigenvalue weighted by Crippen LogP contribution is -2.37. The van der Waals surface area contributed by atoms with Crippen LogP contribution in [0.25, 0.3) is 0 Å². The maximum Gasteiger partial charge on any atom is 0.134 e. The minimum atomic E-state index is 0.0908. The van der Waals surface area contributed by atoms with E-state index in [9.17, 15) is 0 Å². The van der Waals surface area contributed by atoms with E-state index < -0.39 is 0 Å². The van der Waals surface area contributed by atoms with Crippen molar-refractivity contribution in [3.8, 4) is 0 Å². The van der Waals surface area contributed by atoms with Crippen molar-refractivity contribution in [2.45, 2.75) is 26.7 Å². The minimum absolute atomic E-state index is 0.0908. The Hall–Kier alpha value is -1.36. The van der Waals surface area contributed by atoms with Gasteiger partial charge >= 0.3 is 0 Å². The highest BCUT2D eigenvalue weighted by Gasteiger charge is 2.20. The number of hydrogen-bond donors (Lipinski definition) is 1. The summed E-state index contributed by atoms with van der Waals surface area (Å²) < 4.78 is 0. The van der Waals surface area contributed by atoms with E-state index >= 15 is 0 Å². The highest BCUT2D eigenvalue weighted by Crippen LogP contribution is 2.23. The summed E-state index contributed by atoms with van der Waals surface area (Å²) in [6, 6.07) is 2.08. The SMILES string of the molecule is CN(CC(C)(C)CN)c1cc(N2CCCC2)ncn1. The van der Waals surface area contributed by atoms with Gasteiger partial charge in [0.05, 0.1) is 0 Å². The van der Waals surface area contributed by atoms with Crippen LogP contribution >= 0.6 is 0 Å². The van der Waals surface area contributed by atoms with Gasteiger partial charge in [-0.3, -0.25) is 0 Å². The largest absolute Gasteiger partial charge is 0.359 e. The van der Waals surface area contributed by atoms with Crippen LogP contribution in [0, 0.1) is 5.41 Å². The lowest BCUT2D eigenvalue weighted by Gasteiger charge is -2.30. The number of rotatable bonds is 5. The normalized spacial score (nSPS) is 15.9. The van der Waals surface area contributed by atoms with Gasteiger partial charge in [-0.1, -0.05) is 13.8 Å². The monoisotopic (exact) mass is 263 g/mol. The Balaban J connectivity index is 2.09. The van der Waals surface area contributed by atoms with Gasteiger partial charge < -0.3 is 15.5 Å². The Morgan fingerprint density at radius 2 is 2.00 bits per heavy atom. The first kappa shape index (κ1) is 14.1. The average Bonchev–Trinajstić information content (AvgIpc) is 2.92. The number of aromatic nitrogens is 2. The molecule has 0 radical (unpaired) electrons. The lowest BCUT2D eigenvalue weighted by atomic mass is 9.93. The molecule has 5 heteroatoms. The quantitative estimate of drug-likeness (QED) is 0.872. The van der Waals surface area contributed by atoms with Gasteiger partial charge in [-0.15, -0.1) is 0 Å². The zero-order valence-electron chi connectivity index (χ0n) is 12.3. The Bertz CT molecular complexity index is 412. The molecule has 2 heterocycles. The predicted octanol–water partition coefficient (Wildman–Crippen LogP) is 1.50. The van der Waals surface area contributed by atoms with Gasteiger partial charge in [0, 0.05) is 32.7 Å². The molecule has 1 aromatic rings. The van der Waals surface area contributed by atoms with E-state index in [2.05, 4.69) is 46.7 Å². The highest BCUT2D eigenvalue weighted by molar-refractivity contribution is 5.50. The zero-order valence-corrected chi connectivity index (χ0v) is 12.3. The smallest absolute Gasteiger partial charge is 0.134 e. The number of nitrogens with two attached hydrogens (primary N) is 1. The summed E-state index contributed by atoms with van der Waals surface area (Å²) in [4.78, 5) is 13.2. The number of anilines is 2. The van der Waals surface area contributed by atoms with Gasteiger partial charge in [0.15, 0.2) is 0 Å². The van der Waals surface area contributed by atoms with Crippen LogP contribution in [0.3, 0.4) is 0 Å². The van der Waals surface area contributed by atoms with Crippen molar-refractivity contribution in [3.05, 3.63) is 12.4 Å². The maximum atomic E-state index is 5.79. The topological polar surface area (TPSA) is 58.3 Å². The van der Waals surface area contributed by atoms with E-state index in [1.54, 1.807) is 6.33 Å². The van der Waals surface area contributed by atoms with Gasteiger partial charge in [0.2, 0.25) is 0 Å². The van der Waals surface area contributed by atoms with Crippen molar-refractivity contribution < 1.29 is 0 Å². The summed E-state index contributed by atoms with van der Waals surface area (Å²) in [6.07, 6.45) is 4.18. The molecule has 0 unspecified atom stereocenters. The van der Waals surface area contributed by atoms with Crippen LogP contribution in [-0.4, -0.2) is 43.2 Å². The summed E-state index contributed by atoms with van der Waals surface area (Å²) in [5.41, 5.74) is 5.89. The van der Waals surface area contributed by atoms with E-state index in [1.165, 1.54) is 12.8 Å². The van der Waals surface area contributed by atoms with Crippen molar-refractivity contribution in [2.75, 3.05) is 43.0 Å². The van der Waals surface area contributed by atoms with Crippen molar-refractivity contribution in [1.82, 2.24) is 9.97 Å². The molecule has 1 saturated heterocycles. The molecule has 0 amide bonds. The number of hydrogen-bond acceptors (Lipinski definition) is 5. The van der Waals surface area contributed by atoms with E-state index in [1.807, 2.05) is 0 Å². The van der Waals surface area contributed by atoms with Crippen LogP contribution in [0.15, 0.2) is 12.4 Å². The van der Waals surface area contributed by atoms with Crippen LogP contribution in [0.5, 0.6) is 0 Å². The van der Waals surface area contributed by atoms with E-state index in [0.29, 0.717) is 6.54 Å². The molecule has 1 fully saturated rings. The summed E-state index contributed by atoms with van der Waals surface area (Å²) in [7, 11) is 2.06. The average molecular weight is 263 g/mol. The van der Waals surface area contributed by atoms with Crippen molar-refractivity contribution in [1.29, 1.82) is 0 Å². The molecule has 5 nitrogen and oxygen atoms in total. The van der Waals surface area contributed by atoms with Gasteiger partial charge in [-0.05, 0) is 24.8 Å². The summed E-state index contributed by atoms with van der Waals surface area (Å²) in [6.45, 7) is 8.11. The highest BCUT2D eigenvalue weighted by atomic mass is 15.2. The number of nitrogens with zero attached hydrogens (tertiary/aromatic N) is 4. The second-order valence-electron chi connectivity index (χ2n) is 6.15. The van der Waals surface area contributed by atoms with Crippen LogP contribution in [-0.2, 0) is 0 Å². The first-order valence-electron chi connectivity index (χ1n) is 7.00. The Morgan fingerprint density at radius 3 is 2.63 bits per heavy atom. The molecule has 19 heavy (non-hydrogen) atoms. The fourth-order valence-corrected chi connectivity index (χ4v) is 2.45. The molecule has 0 spiro atoms. The van der Waals surface area contributed by atoms with Crippen molar-refractivity contribution in [2.24, 2.45) is 11.1 Å². The lowest BCUT2D eigenvalue weighted by molar-refractivity contribution is 0.384. The van der Waals surface area contributed by atoms with Crippen molar-refractivity contribution in [3.63, 3.8) is 0 Å². The van der Waals surface area contributed by atoms with E-state index in [0.717, 1.165) is 31.3 Å². The van der Waals surface area contributed by atoms with Crippen LogP contribution in [0.1, 0.15) is 26.7 Å². The standard InChI is InChI=1S/C14H25N5/c1-14(2,9-15)10-18(3)12-8-13(17-11-16-12)19-6-4-5-7-19/h8,11H,4-7,9-10,15H2,1-3H3. The molecule has 0 atom stereocenters. The second-order valence-corrected chi connectivity index (χ2v) is 6.15. The molecule has 2 rings (SSSR count). The molecule has 1 aliphatic heterocycles. The molecular weight excluding hydrogens is 238 g/mol. The third kappa shape index (κ3) is 3.56. The van der Waals surface area contributed by atoms with Crippen LogP contribution < -0.4 is 15.5 Å². The molecule has 0 saturated carbocycles. The Morgan fingerprint density at radius 1 is 1.32 bits per heavy atom. The molecular formula is C14H25N5. The van der Waals surface area contributed by atoms with E-state index in [-0.39, 0.29) is 5.41 Å². The van der Waals surface area contributed by atoms with Gasteiger partial charge in [0.25, 0.3) is 0 Å². The van der Waals surface area contributed by atoms with Gasteiger partial charge in [0.1, 0.15) is 18.0 Å². The molecule has 0 aromatic carbocycles. The molecule has 0 aliphatic carbocycles. The second kappa shape index (κ2) is 5.74. The summed E-state index contributed by atoms with van der Waals surface area (Å²) >= 11 is 0. The third-order valence-electron chi connectivity index (χ3n) is 3.68. The fourth-order valence-electron chi connectivity index (χ4n) is 2.45. The van der Waals surface area contributed by atoms with Gasteiger partial charge in [-0.2, -0.15) is 0 Å². The minimum Gasteiger partial charge on any atom is -0.359 e. The molecule has 106 valence electrons. The van der Waals surface area contributed by atoms with Crippen LogP contribution in [0.4, 0.5) is 11.6 Å². The van der Waals surface area contributed by atoms with Gasteiger partial charge in [-0.25, -0.2) is 9.97 Å². The third-order valence-corrected chi connectivity index (χ3v) is 3.68. The first-order chi connectivity index (χ1) is 9.02. The van der Waals surface area contributed by atoms with Crippen LogP contribution in [0.2, 0.25) is 0 Å². The van der Waals surface area contributed by atoms with E-state index in [4.69, 9.17) is 5.73 Å². The Labute approximate surface area is 115 Å². The predicted molar refractivity (Wildman–Crippen MR) is 79.6 cm³/mol. The molecule has 0 bridgehead atoms. The maximum absolute atomic E-state index is 5.79. The molecule has 1 aromatic heterocycles. The zero-order chi connectivity index (χ0) is 13.9. The summed E-state index contributed by atoms with van der Waals surface area (Å²) in [5.74, 6) is 2.01. The Kier molecular flexibility index (Phi) is 4.24. The first-order valence-corrected chi connectivity index (χ1v) is 7.00.